The van der Waals surface area contributed by atoms with Crippen molar-refractivity contribution in [3.63, 3.8) is 0 Å². The molecule has 3 rings (SSSR count). The zero-order chi connectivity index (χ0) is 23.1. The van der Waals surface area contributed by atoms with Crippen molar-refractivity contribution >= 4 is 59.7 Å². The topological polar surface area (TPSA) is 88.1 Å². The van der Waals surface area contributed by atoms with Gasteiger partial charge in [0.25, 0.3) is 15.9 Å². The third-order valence-corrected chi connectivity index (χ3v) is 7.13. The predicted octanol–water partition coefficient (Wildman–Crippen LogP) is 4.57. The molecule has 0 fully saturated rings. The SMILES string of the molecule is COc1ccc(Br)cc1/C=N/NC(=O)CN(c1ccc(Br)cc1)S(=O)(=O)c1ccccc1. The smallest absolute Gasteiger partial charge is 0.264 e. The molecular formula is C22H19Br2N3O4S. The number of hydrogen-bond donors (Lipinski definition) is 1. The summed E-state index contributed by atoms with van der Waals surface area (Å²) in [7, 11) is -2.44. The van der Waals surface area contributed by atoms with E-state index in [0.717, 1.165) is 13.3 Å². The molecule has 32 heavy (non-hydrogen) atoms. The molecule has 1 amide bonds. The fraction of sp³-hybridized carbons (Fsp3) is 0.0909. The molecule has 7 nitrogen and oxygen atoms in total. The minimum atomic E-state index is -3.98. The van der Waals surface area contributed by atoms with Crippen LogP contribution in [0.25, 0.3) is 0 Å². The molecule has 0 saturated heterocycles. The molecule has 0 aliphatic rings. The van der Waals surface area contributed by atoms with Gasteiger partial charge in [0, 0.05) is 14.5 Å². The van der Waals surface area contributed by atoms with E-state index < -0.39 is 22.5 Å². The minimum absolute atomic E-state index is 0.0816. The van der Waals surface area contributed by atoms with Crippen LogP contribution in [-0.2, 0) is 14.8 Å². The Balaban J connectivity index is 1.83. The number of amides is 1. The summed E-state index contributed by atoms with van der Waals surface area (Å²) in [4.78, 5) is 12.7. The molecule has 0 bridgehead atoms. The van der Waals surface area contributed by atoms with Gasteiger partial charge in [0.2, 0.25) is 0 Å². The average molecular weight is 581 g/mol. The van der Waals surface area contributed by atoms with E-state index in [0.29, 0.717) is 17.0 Å². The second kappa shape index (κ2) is 10.8. The number of nitrogens with one attached hydrogen (secondary N) is 1. The first-order valence-electron chi connectivity index (χ1n) is 9.30. The number of carbonyl (C=O) groups is 1. The zero-order valence-electron chi connectivity index (χ0n) is 16.9. The summed E-state index contributed by atoms with van der Waals surface area (Å²) in [5.74, 6) is -0.0213. The summed E-state index contributed by atoms with van der Waals surface area (Å²) in [5, 5.41) is 3.95. The number of hydrogen-bond acceptors (Lipinski definition) is 5. The molecule has 0 aliphatic carbocycles. The van der Waals surface area contributed by atoms with Crippen LogP contribution in [-0.4, -0.2) is 34.2 Å². The number of sulfonamides is 1. The van der Waals surface area contributed by atoms with E-state index in [1.807, 2.05) is 6.07 Å². The van der Waals surface area contributed by atoms with Crippen LogP contribution in [0, 0.1) is 0 Å². The van der Waals surface area contributed by atoms with Crippen molar-refractivity contribution in [2.75, 3.05) is 18.0 Å². The van der Waals surface area contributed by atoms with Gasteiger partial charge in [-0.2, -0.15) is 5.10 Å². The Morgan fingerprint density at radius 1 is 1.03 bits per heavy atom. The molecule has 3 aromatic carbocycles. The monoisotopic (exact) mass is 579 g/mol. The van der Waals surface area contributed by atoms with E-state index >= 15 is 0 Å². The molecule has 3 aromatic rings. The maximum Gasteiger partial charge on any atom is 0.264 e. The molecular weight excluding hydrogens is 562 g/mol. The molecule has 0 heterocycles. The number of hydrazone groups is 1. The van der Waals surface area contributed by atoms with Gasteiger partial charge >= 0.3 is 0 Å². The van der Waals surface area contributed by atoms with Crippen molar-refractivity contribution in [3.8, 4) is 5.75 Å². The lowest BCUT2D eigenvalue weighted by molar-refractivity contribution is -0.119. The Labute approximate surface area is 203 Å². The Kier molecular flexibility index (Phi) is 8.05. The molecule has 0 radical (unpaired) electrons. The summed E-state index contributed by atoms with van der Waals surface area (Å²) < 4.78 is 34.4. The van der Waals surface area contributed by atoms with Gasteiger partial charge in [0.05, 0.1) is 23.9 Å². The van der Waals surface area contributed by atoms with Gasteiger partial charge < -0.3 is 4.74 Å². The van der Waals surface area contributed by atoms with Crippen molar-refractivity contribution in [3.05, 3.63) is 87.3 Å². The Bertz CT molecular complexity index is 1220. The van der Waals surface area contributed by atoms with Gasteiger partial charge in [-0.15, -0.1) is 0 Å². The number of nitrogens with zero attached hydrogens (tertiary/aromatic N) is 2. The van der Waals surface area contributed by atoms with Crippen molar-refractivity contribution in [2.24, 2.45) is 5.10 Å². The van der Waals surface area contributed by atoms with Gasteiger partial charge in [-0.1, -0.05) is 50.1 Å². The van der Waals surface area contributed by atoms with Crippen LogP contribution in [0.4, 0.5) is 5.69 Å². The third kappa shape index (κ3) is 5.96. The van der Waals surface area contributed by atoms with Crippen LogP contribution >= 0.6 is 31.9 Å². The second-order valence-corrected chi connectivity index (χ2v) is 10.2. The van der Waals surface area contributed by atoms with Crippen LogP contribution in [0.15, 0.2) is 91.7 Å². The van der Waals surface area contributed by atoms with Gasteiger partial charge in [-0.25, -0.2) is 13.8 Å². The minimum Gasteiger partial charge on any atom is -0.496 e. The van der Waals surface area contributed by atoms with Gasteiger partial charge in [0.15, 0.2) is 0 Å². The molecule has 0 saturated carbocycles. The van der Waals surface area contributed by atoms with E-state index in [9.17, 15) is 13.2 Å². The Morgan fingerprint density at radius 2 is 1.69 bits per heavy atom. The largest absolute Gasteiger partial charge is 0.496 e. The van der Waals surface area contributed by atoms with E-state index in [4.69, 9.17) is 4.74 Å². The lowest BCUT2D eigenvalue weighted by atomic mass is 10.2. The predicted molar refractivity (Wildman–Crippen MR) is 132 cm³/mol. The first-order valence-corrected chi connectivity index (χ1v) is 12.3. The van der Waals surface area contributed by atoms with Crippen LogP contribution < -0.4 is 14.5 Å². The highest BCUT2D eigenvalue weighted by Gasteiger charge is 2.27. The second-order valence-electron chi connectivity index (χ2n) is 6.48. The average Bonchev–Trinajstić information content (AvgIpc) is 2.79. The molecule has 0 aliphatic heterocycles. The Morgan fingerprint density at radius 3 is 2.34 bits per heavy atom. The number of rotatable bonds is 8. The van der Waals surface area contributed by atoms with E-state index in [1.54, 1.807) is 54.6 Å². The highest BCUT2D eigenvalue weighted by molar-refractivity contribution is 9.10. The Hall–Kier alpha value is -2.69. The fourth-order valence-corrected chi connectivity index (χ4v) is 4.87. The zero-order valence-corrected chi connectivity index (χ0v) is 20.9. The van der Waals surface area contributed by atoms with E-state index in [2.05, 4.69) is 42.4 Å². The van der Waals surface area contributed by atoms with Gasteiger partial charge in [-0.05, 0) is 54.6 Å². The lowest BCUT2D eigenvalue weighted by Crippen LogP contribution is -2.39. The normalized spacial score (nSPS) is 11.3. The molecule has 0 aromatic heterocycles. The molecule has 0 unspecified atom stereocenters. The quantitative estimate of drug-likeness (QED) is 0.312. The molecule has 0 spiro atoms. The highest BCUT2D eigenvalue weighted by Crippen LogP contribution is 2.25. The van der Waals surface area contributed by atoms with E-state index in [-0.39, 0.29) is 4.90 Å². The van der Waals surface area contributed by atoms with Crippen LogP contribution in [0.5, 0.6) is 5.75 Å². The molecule has 10 heteroatoms. The summed E-state index contributed by atoms with van der Waals surface area (Å²) in [6.07, 6.45) is 1.43. The third-order valence-electron chi connectivity index (χ3n) is 4.32. The molecule has 1 N–H and O–H groups in total. The summed E-state index contributed by atoms with van der Waals surface area (Å²) in [6, 6.07) is 20.0. The number of anilines is 1. The van der Waals surface area contributed by atoms with E-state index in [1.165, 1.54) is 25.5 Å². The van der Waals surface area contributed by atoms with Crippen molar-refractivity contribution in [2.45, 2.75) is 4.90 Å². The number of carbonyl (C=O) groups excluding carboxylic acids is 1. The summed E-state index contributed by atoms with van der Waals surface area (Å²) in [5.41, 5.74) is 3.38. The van der Waals surface area contributed by atoms with Crippen LogP contribution in [0.1, 0.15) is 5.56 Å². The number of halogens is 2. The first kappa shape index (κ1) is 24.0. The van der Waals surface area contributed by atoms with Crippen LogP contribution in [0.3, 0.4) is 0 Å². The first-order chi connectivity index (χ1) is 15.3. The van der Waals surface area contributed by atoms with Crippen LogP contribution in [0.2, 0.25) is 0 Å². The molecule has 0 atom stereocenters. The van der Waals surface area contributed by atoms with Gasteiger partial charge in [0.1, 0.15) is 12.3 Å². The standard InChI is InChI=1S/C22H19Br2N3O4S/c1-31-21-12-9-18(24)13-16(21)14-25-26-22(28)15-27(19-10-7-17(23)8-11-19)32(29,30)20-5-3-2-4-6-20/h2-14H,15H2,1H3,(H,26,28)/b25-14+. The van der Waals surface area contributed by atoms with Crippen molar-refractivity contribution < 1.29 is 17.9 Å². The number of ether oxygens (including phenoxy) is 1. The van der Waals surface area contributed by atoms with Gasteiger partial charge in [-0.3, -0.25) is 9.10 Å². The lowest BCUT2D eigenvalue weighted by Gasteiger charge is -2.23. The van der Waals surface area contributed by atoms with Crippen molar-refractivity contribution in [1.82, 2.24) is 5.43 Å². The number of methoxy groups -OCH3 is 1. The maximum absolute atomic E-state index is 13.2. The van der Waals surface area contributed by atoms with Crippen molar-refractivity contribution in [1.29, 1.82) is 0 Å². The molecule has 166 valence electrons. The highest BCUT2D eigenvalue weighted by atomic mass is 79.9. The number of benzene rings is 3. The summed E-state index contributed by atoms with van der Waals surface area (Å²) >= 11 is 6.71. The summed E-state index contributed by atoms with van der Waals surface area (Å²) in [6.45, 7) is -0.453. The maximum atomic E-state index is 13.2. The fourth-order valence-electron chi connectivity index (χ4n) is 2.79.